The lowest BCUT2D eigenvalue weighted by Gasteiger charge is -2.09. The summed E-state index contributed by atoms with van der Waals surface area (Å²) in [6, 6.07) is 0. The lowest BCUT2D eigenvalue weighted by atomic mass is 10.1. The number of hydrogen-bond donors (Lipinski definition) is 0. The molecule has 0 aliphatic carbocycles. The maximum atomic E-state index is 10.4. The first kappa shape index (κ1) is 29.0. The molecule has 0 aromatic heterocycles. The SMILES string of the molecule is C#CCCCCCC.CCCCCCC#CC(C)=O.CCN(C)C(C)=O. The van der Waals surface area contributed by atoms with Crippen LogP contribution in [0.3, 0.4) is 0 Å². The third-order valence-electron chi connectivity index (χ3n) is 3.61. The molecule has 0 aromatic rings. The molecule has 1 amide bonds. The predicted octanol–water partition coefficient (Wildman–Crippen LogP) is 5.62. The Hall–Kier alpha value is -1.74. The zero-order chi connectivity index (χ0) is 20.6. The second kappa shape index (κ2) is 25.5. The molecule has 0 rings (SSSR count). The fourth-order valence-electron chi connectivity index (χ4n) is 1.70. The predicted molar refractivity (Wildman–Crippen MR) is 114 cm³/mol. The highest BCUT2D eigenvalue weighted by Gasteiger charge is 1.93. The zero-order valence-corrected chi connectivity index (χ0v) is 18.1. The Balaban J connectivity index is -0.000000315. The van der Waals surface area contributed by atoms with Crippen LogP contribution in [0.25, 0.3) is 0 Å². The first-order chi connectivity index (χ1) is 12.4. The number of nitrogens with zero attached hydrogens (tertiary/aromatic N) is 1. The molecule has 26 heavy (non-hydrogen) atoms. The van der Waals surface area contributed by atoms with Crippen LogP contribution >= 0.6 is 0 Å². The van der Waals surface area contributed by atoms with Gasteiger partial charge in [-0.25, -0.2) is 0 Å². The maximum absolute atomic E-state index is 10.4. The van der Waals surface area contributed by atoms with Gasteiger partial charge in [-0.05, 0) is 25.7 Å². The Labute approximate surface area is 163 Å². The summed E-state index contributed by atoms with van der Waals surface area (Å²) in [5.41, 5.74) is 0. The number of carbonyl (C=O) groups excluding carboxylic acids is 2. The average Bonchev–Trinajstić information content (AvgIpc) is 2.62. The fourth-order valence-corrected chi connectivity index (χ4v) is 1.70. The van der Waals surface area contributed by atoms with Gasteiger partial charge in [0.15, 0.2) is 0 Å². The number of amides is 1. The number of rotatable bonds is 9. The second-order valence-electron chi connectivity index (χ2n) is 6.22. The summed E-state index contributed by atoms with van der Waals surface area (Å²) in [7, 11) is 1.78. The van der Waals surface area contributed by atoms with Gasteiger partial charge in [-0.1, -0.05) is 58.3 Å². The number of unbranched alkanes of at least 4 members (excludes halogenated alkanes) is 8. The molecule has 0 atom stereocenters. The molecule has 0 saturated carbocycles. The van der Waals surface area contributed by atoms with E-state index in [0.717, 1.165) is 25.8 Å². The number of hydrogen-bond acceptors (Lipinski definition) is 2. The van der Waals surface area contributed by atoms with Gasteiger partial charge in [0.05, 0.1) is 0 Å². The molecular weight excluding hydrogens is 322 g/mol. The van der Waals surface area contributed by atoms with Crippen molar-refractivity contribution in [3.8, 4) is 24.2 Å². The van der Waals surface area contributed by atoms with Gasteiger partial charge in [-0.2, -0.15) is 0 Å². The number of terminal acetylenes is 1. The number of ketones is 1. The van der Waals surface area contributed by atoms with E-state index in [1.807, 2.05) is 6.92 Å². The molecule has 0 saturated heterocycles. The molecule has 0 unspecified atom stereocenters. The van der Waals surface area contributed by atoms with Crippen LogP contribution < -0.4 is 0 Å². The van der Waals surface area contributed by atoms with Gasteiger partial charge in [0, 0.05) is 40.3 Å². The summed E-state index contributed by atoms with van der Waals surface area (Å²) in [6.45, 7) is 10.2. The van der Waals surface area contributed by atoms with Gasteiger partial charge in [-0.3, -0.25) is 9.59 Å². The summed E-state index contributed by atoms with van der Waals surface area (Å²) >= 11 is 0. The molecule has 0 aliphatic heterocycles. The van der Waals surface area contributed by atoms with Gasteiger partial charge < -0.3 is 4.90 Å². The van der Waals surface area contributed by atoms with Crippen molar-refractivity contribution in [1.29, 1.82) is 0 Å². The van der Waals surface area contributed by atoms with E-state index in [9.17, 15) is 9.59 Å². The highest BCUT2D eigenvalue weighted by atomic mass is 16.2. The molecule has 150 valence electrons. The van der Waals surface area contributed by atoms with Gasteiger partial charge in [0.1, 0.15) is 0 Å². The average molecular weight is 364 g/mol. The Morgan fingerprint density at radius 1 is 0.846 bits per heavy atom. The molecule has 0 heterocycles. The van der Waals surface area contributed by atoms with Crippen molar-refractivity contribution in [3.63, 3.8) is 0 Å². The zero-order valence-electron chi connectivity index (χ0n) is 18.1. The van der Waals surface area contributed by atoms with Crippen LogP contribution in [0.15, 0.2) is 0 Å². The lowest BCUT2D eigenvalue weighted by Crippen LogP contribution is -2.22. The van der Waals surface area contributed by atoms with Crippen LogP contribution in [-0.4, -0.2) is 30.2 Å². The minimum Gasteiger partial charge on any atom is -0.346 e. The van der Waals surface area contributed by atoms with E-state index >= 15 is 0 Å². The fraction of sp³-hybridized carbons (Fsp3) is 0.739. The van der Waals surface area contributed by atoms with E-state index in [2.05, 4.69) is 31.6 Å². The van der Waals surface area contributed by atoms with Crippen molar-refractivity contribution in [2.24, 2.45) is 0 Å². The Bertz CT molecular complexity index is 424. The van der Waals surface area contributed by atoms with E-state index in [4.69, 9.17) is 6.42 Å². The van der Waals surface area contributed by atoms with Crippen molar-refractivity contribution in [3.05, 3.63) is 0 Å². The van der Waals surface area contributed by atoms with E-state index in [1.165, 1.54) is 51.9 Å². The smallest absolute Gasteiger partial charge is 0.219 e. The molecule has 0 radical (unpaired) electrons. The number of carbonyl (C=O) groups is 2. The Morgan fingerprint density at radius 2 is 1.35 bits per heavy atom. The first-order valence-corrected chi connectivity index (χ1v) is 10.0. The molecule has 3 heteroatoms. The van der Waals surface area contributed by atoms with Gasteiger partial charge in [0.2, 0.25) is 11.7 Å². The lowest BCUT2D eigenvalue weighted by molar-refractivity contribution is -0.127. The van der Waals surface area contributed by atoms with Crippen LogP contribution in [0.5, 0.6) is 0 Å². The van der Waals surface area contributed by atoms with Crippen molar-refractivity contribution in [2.45, 2.75) is 98.8 Å². The molecular formula is C23H41NO2. The van der Waals surface area contributed by atoms with Crippen LogP contribution in [-0.2, 0) is 9.59 Å². The van der Waals surface area contributed by atoms with Crippen molar-refractivity contribution >= 4 is 11.7 Å². The summed E-state index contributed by atoms with van der Waals surface area (Å²) < 4.78 is 0. The van der Waals surface area contributed by atoms with E-state index in [1.54, 1.807) is 18.9 Å². The molecule has 0 aromatic carbocycles. The highest BCUT2D eigenvalue weighted by molar-refractivity contribution is 5.93. The van der Waals surface area contributed by atoms with Gasteiger partial charge in [-0.15, -0.1) is 12.3 Å². The van der Waals surface area contributed by atoms with Crippen LogP contribution in [0.4, 0.5) is 0 Å². The topological polar surface area (TPSA) is 37.4 Å². The summed E-state index contributed by atoms with van der Waals surface area (Å²) in [5, 5.41) is 0. The monoisotopic (exact) mass is 363 g/mol. The summed E-state index contributed by atoms with van der Waals surface area (Å²) in [4.78, 5) is 22.3. The maximum Gasteiger partial charge on any atom is 0.219 e. The van der Waals surface area contributed by atoms with Crippen LogP contribution in [0.1, 0.15) is 98.8 Å². The van der Waals surface area contributed by atoms with Gasteiger partial charge >= 0.3 is 0 Å². The van der Waals surface area contributed by atoms with Crippen molar-refractivity contribution < 1.29 is 9.59 Å². The van der Waals surface area contributed by atoms with E-state index in [-0.39, 0.29) is 11.7 Å². The molecule has 0 N–H and O–H groups in total. The van der Waals surface area contributed by atoms with E-state index < -0.39 is 0 Å². The summed E-state index contributed by atoms with van der Waals surface area (Å²) in [5.74, 6) is 8.10. The summed E-state index contributed by atoms with van der Waals surface area (Å²) in [6.07, 6.45) is 16.9. The van der Waals surface area contributed by atoms with Crippen molar-refractivity contribution in [1.82, 2.24) is 4.90 Å². The second-order valence-corrected chi connectivity index (χ2v) is 6.22. The van der Waals surface area contributed by atoms with Crippen LogP contribution in [0, 0.1) is 24.2 Å². The third kappa shape index (κ3) is 33.8. The molecule has 0 fully saturated rings. The highest BCUT2D eigenvalue weighted by Crippen LogP contribution is 2.01. The largest absolute Gasteiger partial charge is 0.346 e. The Morgan fingerprint density at radius 3 is 1.65 bits per heavy atom. The molecule has 0 aliphatic rings. The quantitative estimate of drug-likeness (QED) is 0.303. The van der Waals surface area contributed by atoms with Crippen LogP contribution in [0.2, 0.25) is 0 Å². The van der Waals surface area contributed by atoms with Gasteiger partial charge in [0.25, 0.3) is 0 Å². The number of Topliss-reactive ketones (excluding diaryl/α,β-unsaturated/α-hetero) is 1. The minimum absolute atomic E-state index is 0.0273. The third-order valence-corrected chi connectivity index (χ3v) is 3.61. The standard InChI is InChI=1S/C10H16O.C8H14.C5H11NO/c1-3-4-5-6-7-8-9-10(2)11;1-3-5-7-8-6-4-2;1-4-6(3)5(2)7/h3-7H2,1-2H3;1H,4-8H2,2H3;4H2,1-3H3. The first-order valence-electron chi connectivity index (χ1n) is 10.0. The molecule has 0 bridgehead atoms. The van der Waals surface area contributed by atoms with E-state index in [0.29, 0.717) is 0 Å². The van der Waals surface area contributed by atoms with Crippen molar-refractivity contribution in [2.75, 3.05) is 13.6 Å². The molecule has 0 spiro atoms. The minimum atomic E-state index is -0.0273. The molecule has 3 nitrogen and oxygen atoms in total. The normalized spacial score (nSPS) is 8.50. The Kier molecular flexibility index (Phi) is 28.5.